The van der Waals surface area contributed by atoms with E-state index in [2.05, 4.69) is 5.32 Å². The molecule has 140 valence electrons. The smallest absolute Gasteiger partial charge is 0.338 e. The molecular formula is C21H22N2O4. The van der Waals surface area contributed by atoms with Crippen molar-refractivity contribution in [2.45, 2.75) is 20.3 Å². The molecule has 6 heteroatoms. The zero-order chi connectivity index (χ0) is 19.4. The van der Waals surface area contributed by atoms with E-state index in [0.29, 0.717) is 24.4 Å². The molecule has 0 radical (unpaired) electrons. The number of esters is 1. The highest BCUT2D eigenvalue weighted by Gasteiger charge is 2.35. The molecule has 0 saturated carbocycles. The molecule has 1 heterocycles. The van der Waals surface area contributed by atoms with Gasteiger partial charge in [0.2, 0.25) is 11.8 Å². The lowest BCUT2D eigenvalue weighted by Gasteiger charge is -2.19. The minimum absolute atomic E-state index is 0.0536. The Morgan fingerprint density at radius 3 is 2.52 bits per heavy atom. The largest absolute Gasteiger partial charge is 0.462 e. The number of carbonyl (C=O) groups is 3. The van der Waals surface area contributed by atoms with Gasteiger partial charge in [-0.1, -0.05) is 18.2 Å². The minimum atomic E-state index is -0.415. The normalized spacial score (nSPS) is 16.3. The van der Waals surface area contributed by atoms with Gasteiger partial charge in [-0.25, -0.2) is 4.79 Å². The highest BCUT2D eigenvalue weighted by Crippen LogP contribution is 2.28. The van der Waals surface area contributed by atoms with Crippen LogP contribution in [0.1, 0.15) is 29.3 Å². The van der Waals surface area contributed by atoms with Crippen molar-refractivity contribution in [1.82, 2.24) is 0 Å². The van der Waals surface area contributed by atoms with E-state index < -0.39 is 11.9 Å². The molecule has 0 aliphatic carbocycles. The molecule has 1 unspecified atom stereocenters. The van der Waals surface area contributed by atoms with Crippen LogP contribution in [0.2, 0.25) is 0 Å². The molecule has 2 aromatic carbocycles. The molecule has 1 atom stereocenters. The number of amides is 2. The predicted molar refractivity (Wildman–Crippen MR) is 103 cm³/mol. The third-order valence-electron chi connectivity index (χ3n) is 4.57. The highest BCUT2D eigenvalue weighted by atomic mass is 16.5. The number of hydrogen-bond acceptors (Lipinski definition) is 4. The van der Waals surface area contributed by atoms with Crippen LogP contribution in [0.3, 0.4) is 0 Å². The molecule has 2 amide bonds. The van der Waals surface area contributed by atoms with Gasteiger partial charge in [-0.15, -0.1) is 0 Å². The Morgan fingerprint density at radius 2 is 1.85 bits per heavy atom. The van der Waals surface area contributed by atoms with Crippen LogP contribution in [0.5, 0.6) is 0 Å². The summed E-state index contributed by atoms with van der Waals surface area (Å²) < 4.78 is 4.94. The predicted octanol–water partition coefficient (Wildman–Crippen LogP) is 3.16. The van der Waals surface area contributed by atoms with Crippen molar-refractivity contribution in [3.63, 3.8) is 0 Å². The third-order valence-corrected chi connectivity index (χ3v) is 4.57. The fourth-order valence-electron chi connectivity index (χ4n) is 3.13. The maximum atomic E-state index is 12.6. The summed E-state index contributed by atoms with van der Waals surface area (Å²) in [6, 6.07) is 14.2. The Hall–Kier alpha value is -3.15. The number of aryl methyl sites for hydroxylation is 1. The Kier molecular flexibility index (Phi) is 5.54. The van der Waals surface area contributed by atoms with Gasteiger partial charge in [-0.3, -0.25) is 9.59 Å². The van der Waals surface area contributed by atoms with E-state index >= 15 is 0 Å². The number of rotatable bonds is 5. The highest BCUT2D eigenvalue weighted by molar-refractivity contribution is 6.04. The summed E-state index contributed by atoms with van der Waals surface area (Å²) in [4.78, 5) is 38.3. The van der Waals surface area contributed by atoms with Crippen LogP contribution in [0.25, 0.3) is 0 Å². The van der Waals surface area contributed by atoms with Gasteiger partial charge in [-0.2, -0.15) is 0 Å². The van der Waals surface area contributed by atoms with Crippen molar-refractivity contribution in [1.29, 1.82) is 0 Å². The van der Waals surface area contributed by atoms with Gasteiger partial charge in [0.1, 0.15) is 0 Å². The molecule has 6 nitrogen and oxygen atoms in total. The quantitative estimate of drug-likeness (QED) is 0.825. The molecule has 1 N–H and O–H groups in total. The van der Waals surface area contributed by atoms with Crippen LogP contribution in [-0.4, -0.2) is 30.9 Å². The zero-order valence-corrected chi connectivity index (χ0v) is 15.4. The number of ether oxygens (including phenoxy) is 1. The van der Waals surface area contributed by atoms with E-state index in [1.165, 1.54) is 0 Å². The summed E-state index contributed by atoms with van der Waals surface area (Å²) in [5, 5.41) is 2.82. The Balaban J connectivity index is 1.64. The van der Waals surface area contributed by atoms with Crippen molar-refractivity contribution in [2.75, 3.05) is 23.4 Å². The second kappa shape index (κ2) is 8.03. The van der Waals surface area contributed by atoms with E-state index in [0.717, 1.165) is 11.3 Å². The maximum absolute atomic E-state index is 12.6. The van der Waals surface area contributed by atoms with Crippen LogP contribution < -0.4 is 10.2 Å². The first-order chi connectivity index (χ1) is 13.0. The third kappa shape index (κ3) is 4.16. The molecule has 1 fully saturated rings. The Labute approximate surface area is 158 Å². The van der Waals surface area contributed by atoms with Gasteiger partial charge < -0.3 is 15.0 Å². The summed E-state index contributed by atoms with van der Waals surface area (Å²) in [5.41, 5.74) is 2.85. The Bertz CT molecular complexity index is 861. The van der Waals surface area contributed by atoms with Crippen LogP contribution in [0.4, 0.5) is 11.4 Å². The van der Waals surface area contributed by atoms with Crippen molar-refractivity contribution in [3.8, 4) is 0 Å². The molecule has 3 rings (SSSR count). The number of nitrogens with zero attached hydrogens (tertiary/aromatic N) is 1. The van der Waals surface area contributed by atoms with Gasteiger partial charge in [0, 0.05) is 24.3 Å². The van der Waals surface area contributed by atoms with Crippen LogP contribution in [0, 0.1) is 12.8 Å². The molecule has 0 bridgehead atoms. The van der Waals surface area contributed by atoms with E-state index in [1.807, 2.05) is 31.2 Å². The van der Waals surface area contributed by atoms with E-state index in [-0.39, 0.29) is 18.2 Å². The minimum Gasteiger partial charge on any atom is -0.462 e. The SMILES string of the molecule is CCOC(=O)c1ccc(NC(=O)C2CC(=O)N(c3ccccc3C)C2)cc1. The lowest BCUT2D eigenvalue weighted by molar-refractivity contribution is -0.122. The first kappa shape index (κ1) is 18.6. The van der Waals surface area contributed by atoms with Crippen molar-refractivity contribution in [2.24, 2.45) is 5.92 Å². The number of para-hydroxylation sites is 1. The topological polar surface area (TPSA) is 75.7 Å². The number of hydrogen-bond donors (Lipinski definition) is 1. The van der Waals surface area contributed by atoms with Gasteiger partial charge in [-0.05, 0) is 49.7 Å². The standard InChI is InChI=1S/C21H22N2O4/c1-3-27-21(26)15-8-10-17(11-9-15)22-20(25)16-12-19(24)23(13-16)18-7-5-4-6-14(18)2/h4-11,16H,3,12-13H2,1-2H3,(H,22,25). The van der Waals surface area contributed by atoms with Gasteiger partial charge >= 0.3 is 5.97 Å². The Morgan fingerprint density at radius 1 is 1.15 bits per heavy atom. The van der Waals surface area contributed by atoms with Gasteiger partial charge in [0.05, 0.1) is 18.1 Å². The summed E-state index contributed by atoms with van der Waals surface area (Å²) >= 11 is 0. The first-order valence-corrected chi connectivity index (χ1v) is 8.93. The molecule has 1 aliphatic heterocycles. The van der Waals surface area contributed by atoms with Crippen molar-refractivity contribution < 1.29 is 19.1 Å². The second-order valence-electron chi connectivity index (χ2n) is 6.48. The molecule has 0 spiro atoms. The molecular weight excluding hydrogens is 344 g/mol. The maximum Gasteiger partial charge on any atom is 0.338 e. The average molecular weight is 366 g/mol. The molecule has 1 aliphatic rings. The van der Waals surface area contributed by atoms with Crippen LogP contribution >= 0.6 is 0 Å². The summed E-state index contributed by atoms with van der Waals surface area (Å²) in [6.45, 7) is 4.36. The summed E-state index contributed by atoms with van der Waals surface area (Å²) in [7, 11) is 0. The fourth-order valence-corrected chi connectivity index (χ4v) is 3.13. The lowest BCUT2D eigenvalue weighted by Crippen LogP contribution is -2.28. The number of benzene rings is 2. The van der Waals surface area contributed by atoms with E-state index in [1.54, 1.807) is 36.1 Å². The summed E-state index contributed by atoms with van der Waals surface area (Å²) in [6.07, 6.45) is 0.182. The number of anilines is 2. The number of carbonyl (C=O) groups excluding carboxylic acids is 3. The average Bonchev–Trinajstić information content (AvgIpc) is 3.04. The molecule has 2 aromatic rings. The monoisotopic (exact) mass is 366 g/mol. The second-order valence-corrected chi connectivity index (χ2v) is 6.48. The van der Waals surface area contributed by atoms with Crippen molar-refractivity contribution >= 4 is 29.2 Å². The van der Waals surface area contributed by atoms with Crippen molar-refractivity contribution in [3.05, 3.63) is 59.7 Å². The zero-order valence-electron chi connectivity index (χ0n) is 15.4. The molecule has 0 aromatic heterocycles. The first-order valence-electron chi connectivity index (χ1n) is 8.93. The van der Waals surface area contributed by atoms with Gasteiger partial charge in [0.25, 0.3) is 0 Å². The molecule has 1 saturated heterocycles. The van der Waals surface area contributed by atoms with Crippen LogP contribution in [0.15, 0.2) is 48.5 Å². The van der Waals surface area contributed by atoms with Gasteiger partial charge in [0.15, 0.2) is 0 Å². The number of nitrogens with one attached hydrogen (secondary N) is 1. The van der Waals surface area contributed by atoms with E-state index in [4.69, 9.17) is 4.74 Å². The lowest BCUT2D eigenvalue weighted by atomic mass is 10.1. The van der Waals surface area contributed by atoms with E-state index in [9.17, 15) is 14.4 Å². The summed E-state index contributed by atoms with van der Waals surface area (Å²) in [5.74, 6) is -1.07. The fraction of sp³-hybridized carbons (Fsp3) is 0.286. The molecule has 27 heavy (non-hydrogen) atoms. The van der Waals surface area contributed by atoms with Crippen LogP contribution in [-0.2, 0) is 14.3 Å².